The van der Waals surface area contributed by atoms with Crippen LogP contribution in [0.4, 0.5) is 11.4 Å². The number of fused-ring (bicyclic) bond motifs is 1. The van der Waals surface area contributed by atoms with Crippen molar-refractivity contribution in [3.63, 3.8) is 0 Å². The molecule has 0 radical (unpaired) electrons. The van der Waals surface area contributed by atoms with Crippen LogP contribution >= 0.6 is 0 Å². The normalized spacial score (nSPS) is 13.9. The summed E-state index contributed by atoms with van der Waals surface area (Å²) in [4.78, 5) is 38.0. The molecule has 0 bridgehead atoms. The first-order valence-electron chi connectivity index (χ1n) is 9.03. The van der Waals surface area contributed by atoms with E-state index in [9.17, 15) is 14.4 Å². The lowest BCUT2D eigenvalue weighted by Crippen LogP contribution is -2.47. The van der Waals surface area contributed by atoms with Gasteiger partial charge < -0.3 is 14.8 Å². The Hall–Kier alpha value is -3.35. The lowest BCUT2D eigenvalue weighted by Gasteiger charge is -2.30. The number of nitrogens with one attached hydrogen (secondary N) is 1. The molecule has 0 aromatic heterocycles. The zero-order valence-electron chi connectivity index (χ0n) is 15.8. The minimum atomic E-state index is -1.01. The van der Waals surface area contributed by atoms with Crippen molar-refractivity contribution in [1.29, 1.82) is 0 Å². The molecule has 7 nitrogen and oxygen atoms in total. The smallest absolute Gasteiger partial charge is 0.310 e. The van der Waals surface area contributed by atoms with Crippen molar-refractivity contribution in [1.82, 2.24) is 0 Å². The molecule has 0 aliphatic carbocycles. The molecule has 0 saturated carbocycles. The molecule has 2 aromatic rings. The van der Waals surface area contributed by atoms with E-state index >= 15 is 0 Å². The number of carbonyl (C=O) groups excluding carboxylic acids is 3. The number of anilines is 2. The van der Waals surface area contributed by atoms with Crippen LogP contribution in [0.5, 0.6) is 5.75 Å². The number of para-hydroxylation sites is 2. The number of hydrogen-bond donors (Lipinski definition) is 1. The predicted octanol–water partition coefficient (Wildman–Crippen LogP) is 2.68. The van der Waals surface area contributed by atoms with E-state index in [0.29, 0.717) is 17.1 Å². The van der Waals surface area contributed by atoms with Crippen LogP contribution in [0.2, 0.25) is 0 Å². The van der Waals surface area contributed by atoms with Crippen LogP contribution in [-0.2, 0) is 19.1 Å². The van der Waals surface area contributed by atoms with Crippen LogP contribution in [0.1, 0.15) is 18.9 Å². The van der Waals surface area contributed by atoms with Gasteiger partial charge in [0.05, 0.1) is 24.4 Å². The highest BCUT2D eigenvalue weighted by Gasteiger charge is 2.31. The van der Waals surface area contributed by atoms with Crippen LogP contribution in [0, 0.1) is 6.92 Å². The summed E-state index contributed by atoms with van der Waals surface area (Å²) in [5.41, 5.74) is 2.19. The second-order valence-corrected chi connectivity index (χ2v) is 6.54. The van der Waals surface area contributed by atoms with Crippen molar-refractivity contribution >= 4 is 29.2 Å². The molecule has 1 N–H and O–H groups in total. The Kier molecular flexibility index (Phi) is 5.93. The van der Waals surface area contributed by atoms with Gasteiger partial charge in [-0.05, 0) is 43.7 Å². The summed E-state index contributed by atoms with van der Waals surface area (Å²) < 4.78 is 10.8. The summed E-state index contributed by atoms with van der Waals surface area (Å²) in [6, 6.07) is 14.5. The molecule has 2 amide bonds. The van der Waals surface area contributed by atoms with Gasteiger partial charge in [0.15, 0.2) is 6.10 Å². The SMILES string of the molecule is Cc1cccc(OCCC(=O)O[C@@H](C)C(=O)N2CC(=O)Nc3ccccc32)c1. The van der Waals surface area contributed by atoms with E-state index in [4.69, 9.17) is 9.47 Å². The van der Waals surface area contributed by atoms with Gasteiger partial charge in [-0.1, -0.05) is 24.3 Å². The molecule has 3 rings (SSSR count). The molecule has 7 heteroatoms. The third-order valence-electron chi connectivity index (χ3n) is 4.26. The first-order chi connectivity index (χ1) is 13.4. The molecular formula is C21H22N2O5. The van der Waals surface area contributed by atoms with E-state index in [-0.39, 0.29) is 25.5 Å². The fourth-order valence-electron chi connectivity index (χ4n) is 2.91. The summed E-state index contributed by atoms with van der Waals surface area (Å²) in [5.74, 6) is -0.608. The van der Waals surface area contributed by atoms with Crippen molar-refractivity contribution in [3.8, 4) is 5.75 Å². The maximum absolute atomic E-state index is 12.7. The fraction of sp³-hybridized carbons (Fsp3) is 0.286. The van der Waals surface area contributed by atoms with Crippen LogP contribution in [0.15, 0.2) is 48.5 Å². The molecule has 1 aliphatic rings. The topological polar surface area (TPSA) is 84.9 Å². The Labute approximate surface area is 163 Å². The number of rotatable bonds is 6. The minimum Gasteiger partial charge on any atom is -0.493 e. The molecule has 1 atom stereocenters. The van der Waals surface area contributed by atoms with Crippen molar-refractivity contribution < 1.29 is 23.9 Å². The Bertz CT molecular complexity index is 896. The Morgan fingerprint density at radius 1 is 1.18 bits per heavy atom. The number of nitrogens with zero attached hydrogens (tertiary/aromatic N) is 1. The lowest BCUT2D eigenvalue weighted by molar-refractivity contribution is -0.154. The molecule has 1 aliphatic heterocycles. The molecule has 1 heterocycles. The van der Waals surface area contributed by atoms with E-state index in [2.05, 4.69) is 5.32 Å². The summed E-state index contributed by atoms with van der Waals surface area (Å²) in [6.45, 7) is 3.48. The number of carbonyl (C=O) groups is 3. The van der Waals surface area contributed by atoms with Crippen molar-refractivity contribution in [2.75, 3.05) is 23.4 Å². The first kappa shape index (κ1) is 19.4. The number of esters is 1. The average molecular weight is 382 g/mol. The Balaban J connectivity index is 1.54. The number of hydrogen-bond acceptors (Lipinski definition) is 5. The predicted molar refractivity (Wildman–Crippen MR) is 104 cm³/mol. The third kappa shape index (κ3) is 4.68. The van der Waals surface area contributed by atoms with Gasteiger partial charge in [-0.15, -0.1) is 0 Å². The molecule has 0 saturated heterocycles. The van der Waals surface area contributed by atoms with Gasteiger partial charge >= 0.3 is 5.97 Å². The van der Waals surface area contributed by atoms with Crippen LogP contribution in [0.25, 0.3) is 0 Å². The first-order valence-corrected chi connectivity index (χ1v) is 9.03. The molecule has 0 fully saturated rings. The molecule has 0 unspecified atom stereocenters. The zero-order chi connectivity index (χ0) is 20.1. The Morgan fingerprint density at radius 3 is 2.75 bits per heavy atom. The highest BCUT2D eigenvalue weighted by atomic mass is 16.6. The van der Waals surface area contributed by atoms with Crippen LogP contribution in [0.3, 0.4) is 0 Å². The van der Waals surface area contributed by atoms with Gasteiger partial charge in [0, 0.05) is 0 Å². The maximum atomic E-state index is 12.7. The standard InChI is InChI=1S/C21H22N2O5/c1-14-6-5-7-16(12-14)27-11-10-20(25)28-15(2)21(26)23-13-19(24)22-17-8-3-4-9-18(17)23/h3-9,12,15H,10-11,13H2,1-2H3,(H,22,24)/t15-/m0/s1. The van der Waals surface area contributed by atoms with Gasteiger partial charge in [-0.3, -0.25) is 19.3 Å². The number of amides is 2. The van der Waals surface area contributed by atoms with E-state index < -0.39 is 18.0 Å². The van der Waals surface area contributed by atoms with Crippen LogP contribution < -0.4 is 15.0 Å². The quantitative estimate of drug-likeness (QED) is 0.777. The van der Waals surface area contributed by atoms with Crippen LogP contribution in [-0.4, -0.2) is 37.0 Å². The summed E-state index contributed by atoms with van der Waals surface area (Å²) >= 11 is 0. The lowest BCUT2D eigenvalue weighted by atomic mass is 10.1. The monoisotopic (exact) mass is 382 g/mol. The number of aryl methyl sites for hydroxylation is 1. The maximum Gasteiger partial charge on any atom is 0.310 e. The van der Waals surface area contributed by atoms with Gasteiger partial charge in [-0.25, -0.2) is 0 Å². The molecular weight excluding hydrogens is 360 g/mol. The van der Waals surface area contributed by atoms with Gasteiger partial charge in [0.25, 0.3) is 5.91 Å². The summed E-state index contributed by atoms with van der Waals surface area (Å²) in [5, 5.41) is 2.71. The number of ether oxygens (including phenoxy) is 2. The van der Waals surface area contributed by atoms with E-state index in [0.717, 1.165) is 5.56 Å². The molecule has 2 aromatic carbocycles. The highest BCUT2D eigenvalue weighted by Crippen LogP contribution is 2.29. The largest absolute Gasteiger partial charge is 0.493 e. The van der Waals surface area contributed by atoms with E-state index in [1.54, 1.807) is 24.3 Å². The molecule has 146 valence electrons. The second kappa shape index (κ2) is 8.56. The van der Waals surface area contributed by atoms with E-state index in [1.807, 2.05) is 31.2 Å². The van der Waals surface area contributed by atoms with Gasteiger partial charge in [0.1, 0.15) is 12.3 Å². The van der Waals surface area contributed by atoms with Crippen molar-refractivity contribution in [2.45, 2.75) is 26.4 Å². The summed E-state index contributed by atoms with van der Waals surface area (Å²) in [6.07, 6.45) is -0.992. The van der Waals surface area contributed by atoms with Crippen molar-refractivity contribution in [2.24, 2.45) is 0 Å². The van der Waals surface area contributed by atoms with Gasteiger partial charge in [-0.2, -0.15) is 0 Å². The average Bonchev–Trinajstić information content (AvgIpc) is 2.66. The zero-order valence-corrected chi connectivity index (χ0v) is 15.8. The minimum absolute atomic E-state index is 0.0165. The highest BCUT2D eigenvalue weighted by molar-refractivity contribution is 6.11. The van der Waals surface area contributed by atoms with Gasteiger partial charge in [0.2, 0.25) is 5.91 Å². The second-order valence-electron chi connectivity index (χ2n) is 6.54. The summed E-state index contributed by atoms with van der Waals surface area (Å²) in [7, 11) is 0. The molecule has 28 heavy (non-hydrogen) atoms. The molecule has 0 spiro atoms. The van der Waals surface area contributed by atoms with E-state index in [1.165, 1.54) is 11.8 Å². The number of benzene rings is 2. The third-order valence-corrected chi connectivity index (χ3v) is 4.26. The Morgan fingerprint density at radius 2 is 1.96 bits per heavy atom. The van der Waals surface area contributed by atoms with Crippen molar-refractivity contribution in [3.05, 3.63) is 54.1 Å². The fourth-order valence-corrected chi connectivity index (χ4v) is 2.91.